The summed E-state index contributed by atoms with van der Waals surface area (Å²) in [5, 5.41) is 10.3. The van der Waals surface area contributed by atoms with Crippen LogP contribution in [0.1, 0.15) is 33.0 Å². The van der Waals surface area contributed by atoms with E-state index in [1.54, 1.807) is 6.07 Å². The molecule has 0 aliphatic carbocycles. The maximum absolute atomic E-state index is 12.1. The van der Waals surface area contributed by atoms with Gasteiger partial charge in [0.1, 0.15) is 5.69 Å². The Kier molecular flexibility index (Phi) is 6.61. The Balaban J connectivity index is 1.54. The number of nitrogens with zero attached hydrogens (tertiary/aromatic N) is 3. The third-order valence-corrected chi connectivity index (χ3v) is 4.77. The fourth-order valence-corrected chi connectivity index (χ4v) is 3.09. The van der Waals surface area contributed by atoms with Gasteiger partial charge in [0, 0.05) is 29.0 Å². The minimum absolute atomic E-state index is 0.150. The second-order valence-corrected chi connectivity index (χ2v) is 7.05. The SMILES string of the molecule is Cc1nn(Cc2ccccc2)c(C)c1CNC(=O)CNC(=O)c1cc(Cl)ccn1. The van der Waals surface area contributed by atoms with Crippen molar-refractivity contribution in [2.24, 2.45) is 0 Å². The van der Waals surface area contributed by atoms with Crippen molar-refractivity contribution in [1.82, 2.24) is 25.4 Å². The molecule has 0 radical (unpaired) electrons. The zero-order valence-electron chi connectivity index (χ0n) is 16.3. The van der Waals surface area contributed by atoms with Crippen LogP contribution in [-0.4, -0.2) is 33.1 Å². The molecule has 3 rings (SSSR count). The highest BCUT2D eigenvalue weighted by atomic mass is 35.5. The summed E-state index contributed by atoms with van der Waals surface area (Å²) >= 11 is 5.84. The predicted molar refractivity (Wildman–Crippen MR) is 111 cm³/mol. The van der Waals surface area contributed by atoms with Crippen LogP contribution in [0, 0.1) is 13.8 Å². The van der Waals surface area contributed by atoms with E-state index in [1.165, 1.54) is 12.3 Å². The molecule has 2 aromatic heterocycles. The molecule has 0 atom stereocenters. The van der Waals surface area contributed by atoms with Crippen molar-refractivity contribution in [3.05, 3.63) is 81.9 Å². The van der Waals surface area contributed by atoms with Gasteiger partial charge in [0.15, 0.2) is 0 Å². The van der Waals surface area contributed by atoms with Crippen molar-refractivity contribution in [1.29, 1.82) is 0 Å². The molecule has 0 saturated heterocycles. The summed E-state index contributed by atoms with van der Waals surface area (Å²) in [6.07, 6.45) is 1.44. The molecule has 29 heavy (non-hydrogen) atoms. The topological polar surface area (TPSA) is 88.9 Å². The van der Waals surface area contributed by atoms with Gasteiger partial charge in [0.05, 0.1) is 18.8 Å². The van der Waals surface area contributed by atoms with Crippen LogP contribution in [0.15, 0.2) is 48.7 Å². The Labute approximate surface area is 174 Å². The summed E-state index contributed by atoms with van der Waals surface area (Å²) in [5.74, 6) is -0.749. The fraction of sp³-hybridized carbons (Fsp3) is 0.238. The van der Waals surface area contributed by atoms with Crippen molar-refractivity contribution >= 4 is 23.4 Å². The summed E-state index contributed by atoms with van der Waals surface area (Å²) in [6, 6.07) is 13.1. The minimum Gasteiger partial charge on any atom is -0.350 e. The summed E-state index contributed by atoms with van der Waals surface area (Å²) in [4.78, 5) is 28.1. The Hall–Kier alpha value is -3.19. The molecule has 2 heterocycles. The number of amides is 2. The molecule has 0 aliphatic rings. The highest BCUT2D eigenvalue weighted by molar-refractivity contribution is 6.30. The quantitative estimate of drug-likeness (QED) is 0.625. The summed E-state index contributed by atoms with van der Waals surface area (Å²) in [6.45, 7) is 4.77. The number of nitrogens with one attached hydrogen (secondary N) is 2. The third kappa shape index (κ3) is 5.42. The van der Waals surface area contributed by atoms with Gasteiger partial charge in [-0.05, 0) is 31.5 Å². The maximum Gasteiger partial charge on any atom is 0.270 e. The molecule has 3 aromatic rings. The van der Waals surface area contributed by atoms with E-state index in [0.29, 0.717) is 18.1 Å². The smallest absolute Gasteiger partial charge is 0.270 e. The number of rotatable bonds is 7. The lowest BCUT2D eigenvalue weighted by atomic mass is 10.2. The lowest BCUT2D eigenvalue weighted by Crippen LogP contribution is -2.37. The molecule has 150 valence electrons. The highest BCUT2D eigenvalue weighted by Gasteiger charge is 2.14. The van der Waals surface area contributed by atoms with Gasteiger partial charge in [0.25, 0.3) is 5.91 Å². The molecule has 0 bridgehead atoms. The molecule has 8 heteroatoms. The third-order valence-electron chi connectivity index (χ3n) is 4.53. The van der Waals surface area contributed by atoms with E-state index < -0.39 is 5.91 Å². The number of carbonyl (C=O) groups is 2. The van der Waals surface area contributed by atoms with E-state index in [0.717, 1.165) is 22.5 Å². The Bertz CT molecular complexity index is 1020. The van der Waals surface area contributed by atoms with Gasteiger partial charge in [0.2, 0.25) is 5.91 Å². The van der Waals surface area contributed by atoms with Crippen LogP contribution in [0.4, 0.5) is 0 Å². The monoisotopic (exact) mass is 411 g/mol. The van der Waals surface area contributed by atoms with Crippen LogP contribution in [0.2, 0.25) is 5.02 Å². The minimum atomic E-state index is -0.453. The van der Waals surface area contributed by atoms with E-state index >= 15 is 0 Å². The first-order valence-corrected chi connectivity index (χ1v) is 9.55. The van der Waals surface area contributed by atoms with Gasteiger partial charge < -0.3 is 10.6 Å². The second kappa shape index (κ2) is 9.34. The van der Waals surface area contributed by atoms with Crippen LogP contribution in [0.25, 0.3) is 0 Å². The Morgan fingerprint density at radius 2 is 1.86 bits per heavy atom. The van der Waals surface area contributed by atoms with Gasteiger partial charge in [-0.3, -0.25) is 19.3 Å². The van der Waals surface area contributed by atoms with Crippen LogP contribution in [0.5, 0.6) is 0 Å². The van der Waals surface area contributed by atoms with Gasteiger partial charge in [-0.25, -0.2) is 0 Å². The van der Waals surface area contributed by atoms with E-state index in [1.807, 2.05) is 36.7 Å². The largest absolute Gasteiger partial charge is 0.350 e. The molecular weight excluding hydrogens is 390 g/mol. The first-order chi connectivity index (χ1) is 13.9. The van der Waals surface area contributed by atoms with Crippen LogP contribution >= 0.6 is 11.6 Å². The molecule has 0 fully saturated rings. The number of aromatic nitrogens is 3. The zero-order chi connectivity index (χ0) is 20.8. The number of aryl methyl sites for hydroxylation is 1. The Morgan fingerprint density at radius 1 is 1.10 bits per heavy atom. The van der Waals surface area contributed by atoms with Crippen LogP contribution in [-0.2, 0) is 17.9 Å². The van der Waals surface area contributed by atoms with Crippen molar-refractivity contribution in [2.75, 3.05) is 6.54 Å². The van der Waals surface area contributed by atoms with Crippen molar-refractivity contribution < 1.29 is 9.59 Å². The first kappa shape index (κ1) is 20.5. The number of pyridine rings is 1. The van der Waals surface area contributed by atoms with Crippen molar-refractivity contribution in [3.63, 3.8) is 0 Å². The molecule has 7 nitrogen and oxygen atoms in total. The maximum atomic E-state index is 12.1. The van der Waals surface area contributed by atoms with Crippen molar-refractivity contribution in [3.8, 4) is 0 Å². The lowest BCUT2D eigenvalue weighted by Gasteiger charge is -2.08. The van der Waals surface area contributed by atoms with Gasteiger partial charge >= 0.3 is 0 Å². The van der Waals surface area contributed by atoms with E-state index in [2.05, 4.69) is 32.8 Å². The van der Waals surface area contributed by atoms with Gasteiger partial charge in [-0.2, -0.15) is 5.10 Å². The van der Waals surface area contributed by atoms with E-state index in [9.17, 15) is 9.59 Å². The normalized spacial score (nSPS) is 10.6. The lowest BCUT2D eigenvalue weighted by molar-refractivity contribution is -0.120. The number of carbonyl (C=O) groups excluding carboxylic acids is 2. The highest BCUT2D eigenvalue weighted by Crippen LogP contribution is 2.14. The summed E-state index contributed by atoms with van der Waals surface area (Å²) < 4.78 is 1.93. The molecule has 0 unspecified atom stereocenters. The molecule has 2 N–H and O–H groups in total. The average molecular weight is 412 g/mol. The zero-order valence-corrected chi connectivity index (χ0v) is 17.0. The number of hydrogen-bond acceptors (Lipinski definition) is 4. The number of halogens is 1. The number of benzene rings is 1. The van der Waals surface area contributed by atoms with Crippen LogP contribution < -0.4 is 10.6 Å². The predicted octanol–water partition coefficient (Wildman–Crippen LogP) is 2.64. The summed E-state index contributed by atoms with van der Waals surface area (Å²) in [5.41, 5.74) is 4.16. The van der Waals surface area contributed by atoms with E-state index in [4.69, 9.17) is 11.6 Å². The van der Waals surface area contributed by atoms with Gasteiger partial charge in [-0.1, -0.05) is 41.9 Å². The average Bonchev–Trinajstić information content (AvgIpc) is 2.98. The first-order valence-electron chi connectivity index (χ1n) is 9.17. The second-order valence-electron chi connectivity index (χ2n) is 6.61. The molecule has 2 amide bonds. The molecule has 0 saturated carbocycles. The standard InChI is InChI=1S/C21H22ClN5O2/c1-14-18(15(2)27(26-14)13-16-6-4-3-5-7-16)11-24-20(28)12-25-21(29)19-10-17(22)8-9-23-19/h3-10H,11-13H2,1-2H3,(H,24,28)(H,25,29). The molecule has 1 aromatic carbocycles. The van der Waals surface area contributed by atoms with E-state index in [-0.39, 0.29) is 18.1 Å². The fourth-order valence-electron chi connectivity index (χ4n) is 2.93. The van der Waals surface area contributed by atoms with Crippen LogP contribution in [0.3, 0.4) is 0 Å². The molecular formula is C21H22ClN5O2. The van der Waals surface area contributed by atoms with Crippen molar-refractivity contribution in [2.45, 2.75) is 26.9 Å². The summed E-state index contributed by atoms with van der Waals surface area (Å²) in [7, 11) is 0. The number of hydrogen-bond donors (Lipinski definition) is 2. The molecule has 0 spiro atoms. The molecule has 0 aliphatic heterocycles. The van der Waals surface area contributed by atoms with Gasteiger partial charge in [-0.15, -0.1) is 0 Å². The Morgan fingerprint density at radius 3 is 2.59 bits per heavy atom.